The minimum Gasteiger partial charge on any atom is -0.313 e. The third kappa shape index (κ3) is 2.19. The highest BCUT2D eigenvalue weighted by Crippen LogP contribution is 2.31. The number of benzene rings is 1. The molecule has 1 aromatic carbocycles. The van der Waals surface area contributed by atoms with Crippen LogP contribution >= 0.6 is 12.2 Å². The van der Waals surface area contributed by atoms with Gasteiger partial charge in [-0.15, -0.1) is 0 Å². The quantitative estimate of drug-likeness (QED) is 0.722. The lowest BCUT2D eigenvalue weighted by Gasteiger charge is -2.38. The zero-order chi connectivity index (χ0) is 14.5. The second kappa shape index (κ2) is 4.40. The lowest BCUT2D eigenvalue weighted by molar-refractivity contribution is 0.562. The number of anilines is 1. The summed E-state index contributed by atoms with van der Waals surface area (Å²) in [6.45, 7) is 0. The molecule has 20 heavy (non-hydrogen) atoms. The number of rotatable bonds is 1. The molecular formula is C11H12N2O4S3. The number of hydrogen-bond donors (Lipinski definition) is 1. The largest absolute Gasteiger partial charge is 0.313 e. The summed E-state index contributed by atoms with van der Waals surface area (Å²) in [5.74, 6) is -0.563. The van der Waals surface area contributed by atoms with Gasteiger partial charge in [-0.2, -0.15) is 0 Å². The first kappa shape index (κ1) is 13.8. The van der Waals surface area contributed by atoms with Crippen LogP contribution in [0.2, 0.25) is 0 Å². The third-order valence-electron chi connectivity index (χ3n) is 3.49. The number of para-hydroxylation sites is 1. The van der Waals surface area contributed by atoms with E-state index in [1.807, 2.05) is 6.07 Å². The van der Waals surface area contributed by atoms with Gasteiger partial charge in [0, 0.05) is 5.69 Å². The average molecular weight is 332 g/mol. The van der Waals surface area contributed by atoms with Gasteiger partial charge < -0.3 is 4.90 Å². The molecule has 1 N–H and O–H groups in total. The van der Waals surface area contributed by atoms with Gasteiger partial charge in [-0.05, 0) is 24.4 Å². The molecule has 2 heterocycles. The molecule has 2 saturated heterocycles. The van der Waals surface area contributed by atoms with E-state index in [2.05, 4.69) is 4.72 Å². The summed E-state index contributed by atoms with van der Waals surface area (Å²) >= 11 is 5.10. The van der Waals surface area contributed by atoms with Crippen molar-refractivity contribution in [2.75, 3.05) is 16.4 Å². The van der Waals surface area contributed by atoms with E-state index in [-0.39, 0.29) is 16.6 Å². The minimum atomic E-state index is -3.73. The topological polar surface area (TPSA) is 83.5 Å². The standard InChI is InChI=1S/C11H12N2O4S3/c14-19(15)6-9-10(7-19)20(16,17)12-11(18)13(9)8-4-2-1-3-5-8/h1-5,9-10H,6-7H2,(H,12,18)/t9-,10+/m1/s1. The number of nitrogens with one attached hydrogen (secondary N) is 1. The highest BCUT2D eigenvalue weighted by atomic mass is 32.2. The molecule has 0 spiro atoms. The number of hydrogen-bond acceptors (Lipinski definition) is 5. The zero-order valence-electron chi connectivity index (χ0n) is 10.3. The SMILES string of the molecule is O=S1(=O)C[C@@H]2[C@H](C1)S(=O)(=O)NC(=S)N2c1ccccc1. The number of sulfonamides is 1. The molecule has 3 rings (SSSR count). The molecule has 0 unspecified atom stereocenters. The summed E-state index contributed by atoms with van der Waals surface area (Å²) in [4.78, 5) is 1.59. The molecule has 6 nitrogen and oxygen atoms in total. The van der Waals surface area contributed by atoms with Gasteiger partial charge in [0.05, 0.1) is 17.5 Å². The molecule has 2 aliphatic heterocycles. The van der Waals surface area contributed by atoms with Crippen molar-refractivity contribution >= 4 is 42.9 Å². The normalized spacial score (nSPS) is 30.6. The van der Waals surface area contributed by atoms with Gasteiger partial charge >= 0.3 is 0 Å². The van der Waals surface area contributed by atoms with Crippen LogP contribution in [-0.2, 0) is 19.9 Å². The number of thiocarbonyl (C=S) groups is 1. The van der Waals surface area contributed by atoms with Crippen molar-refractivity contribution in [1.29, 1.82) is 0 Å². The first-order chi connectivity index (χ1) is 9.30. The van der Waals surface area contributed by atoms with Gasteiger partial charge in [-0.1, -0.05) is 18.2 Å². The monoisotopic (exact) mass is 332 g/mol. The first-order valence-corrected chi connectivity index (χ1v) is 9.68. The van der Waals surface area contributed by atoms with Crippen molar-refractivity contribution in [2.24, 2.45) is 0 Å². The highest BCUT2D eigenvalue weighted by molar-refractivity contribution is 7.96. The fourth-order valence-corrected chi connectivity index (χ4v) is 7.56. The minimum absolute atomic E-state index is 0.0227. The van der Waals surface area contributed by atoms with E-state index in [1.165, 1.54) is 0 Å². The molecule has 2 fully saturated rings. The Hall–Kier alpha value is -1.19. The zero-order valence-corrected chi connectivity index (χ0v) is 12.7. The van der Waals surface area contributed by atoms with Crippen molar-refractivity contribution in [2.45, 2.75) is 11.3 Å². The first-order valence-electron chi connectivity index (χ1n) is 5.90. The van der Waals surface area contributed by atoms with Crippen LogP contribution in [0.3, 0.4) is 0 Å². The van der Waals surface area contributed by atoms with Crippen LogP contribution in [0.4, 0.5) is 5.69 Å². The van der Waals surface area contributed by atoms with E-state index >= 15 is 0 Å². The average Bonchev–Trinajstić information content (AvgIpc) is 2.66. The Kier molecular flexibility index (Phi) is 3.03. The van der Waals surface area contributed by atoms with Crippen LogP contribution in [0.1, 0.15) is 0 Å². The van der Waals surface area contributed by atoms with Gasteiger partial charge in [0.1, 0.15) is 5.25 Å². The molecule has 0 bridgehead atoms. The van der Waals surface area contributed by atoms with Crippen molar-refractivity contribution < 1.29 is 16.8 Å². The smallest absolute Gasteiger partial charge is 0.240 e. The fourth-order valence-electron chi connectivity index (χ4n) is 2.63. The van der Waals surface area contributed by atoms with Crippen LogP contribution in [0, 0.1) is 0 Å². The Bertz CT molecular complexity index is 758. The maximum absolute atomic E-state index is 12.0. The Labute approximate surface area is 122 Å². The summed E-state index contributed by atoms with van der Waals surface area (Å²) in [7, 11) is -7.12. The fraction of sp³-hybridized carbons (Fsp3) is 0.364. The van der Waals surface area contributed by atoms with E-state index in [4.69, 9.17) is 12.2 Å². The van der Waals surface area contributed by atoms with Crippen LogP contribution in [0.5, 0.6) is 0 Å². The van der Waals surface area contributed by atoms with Gasteiger partial charge in [0.25, 0.3) is 0 Å². The second-order valence-corrected chi connectivity index (χ2v) is 9.28. The van der Waals surface area contributed by atoms with E-state index in [0.29, 0.717) is 5.69 Å². The molecule has 108 valence electrons. The lowest BCUT2D eigenvalue weighted by atomic mass is 10.2. The second-order valence-electron chi connectivity index (χ2n) is 4.84. The van der Waals surface area contributed by atoms with Crippen LogP contribution < -0.4 is 9.62 Å². The Morgan fingerprint density at radius 3 is 2.40 bits per heavy atom. The summed E-state index contributed by atoms with van der Waals surface area (Å²) in [6, 6.07) is 8.28. The number of nitrogens with zero attached hydrogens (tertiary/aromatic N) is 1. The van der Waals surface area contributed by atoms with Gasteiger partial charge in [-0.25, -0.2) is 16.8 Å². The summed E-state index contributed by atoms with van der Waals surface area (Å²) < 4.78 is 50.0. The van der Waals surface area contributed by atoms with E-state index in [1.54, 1.807) is 29.2 Å². The molecule has 2 aliphatic rings. The van der Waals surface area contributed by atoms with Crippen LogP contribution in [-0.4, -0.2) is 44.7 Å². The maximum atomic E-state index is 12.0. The van der Waals surface area contributed by atoms with Crippen molar-refractivity contribution in [3.8, 4) is 0 Å². The van der Waals surface area contributed by atoms with Gasteiger partial charge in [0.2, 0.25) is 10.0 Å². The molecule has 0 amide bonds. The van der Waals surface area contributed by atoms with E-state index in [0.717, 1.165) is 0 Å². The molecule has 0 saturated carbocycles. The lowest BCUT2D eigenvalue weighted by Crippen LogP contribution is -2.62. The van der Waals surface area contributed by atoms with Crippen molar-refractivity contribution in [3.63, 3.8) is 0 Å². The predicted molar refractivity (Wildman–Crippen MR) is 79.8 cm³/mol. The molecule has 9 heteroatoms. The molecule has 0 aliphatic carbocycles. The van der Waals surface area contributed by atoms with Gasteiger partial charge in [-0.3, -0.25) is 4.72 Å². The third-order valence-corrected chi connectivity index (χ3v) is 7.60. The van der Waals surface area contributed by atoms with E-state index < -0.39 is 31.2 Å². The Morgan fingerprint density at radius 1 is 1.10 bits per heavy atom. The Balaban J connectivity index is 2.10. The summed E-state index contributed by atoms with van der Waals surface area (Å²) in [6.07, 6.45) is 0. The van der Waals surface area contributed by atoms with Crippen LogP contribution in [0.25, 0.3) is 0 Å². The molecule has 2 atom stereocenters. The van der Waals surface area contributed by atoms with E-state index in [9.17, 15) is 16.8 Å². The number of fused-ring (bicyclic) bond motifs is 1. The number of sulfone groups is 1. The van der Waals surface area contributed by atoms with Crippen molar-refractivity contribution in [3.05, 3.63) is 30.3 Å². The van der Waals surface area contributed by atoms with Gasteiger partial charge in [0.15, 0.2) is 14.9 Å². The molecular weight excluding hydrogens is 320 g/mol. The van der Waals surface area contributed by atoms with Crippen LogP contribution in [0.15, 0.2) is 30.3 Å². The Morgan fingerprint density at radius 2 is 1.75 bits per heavy atom. The van der Waals surface area contributed by atoms with Crippen molar-refractivity contribution in [1.82, 2.24) is 4.72 Å². The predicted octanol–water partition coefficient (Wildman–Crippen LogP) is -0.124. The highest BCUT2D eigenvalue weighted by Gasteiger charge is 2.52. The maximum Gasteiger partial charge on any atom is 0.240 e. The molecule has 1 aromatic rings. The summed E-state index contributed by atoms with van der Waals surface area (Å²) in [5.41, 5.74) is 0.687. The molecule has 0 aromatic heterocycles. The molecule has 0 radical (unpaired) electrons. The summed E-state index contributed by atoms with van der Waals surface area (Å²) in [5, 5.41) is -0.964.